The number of methoxy groups -OCH3 is 1. The second-order valence-corrected chi connectivity index (χ2v) is 6.60. The molecule has 0 heterocycles. The number of hydrogen-bond donors (Lipinski definition) is 1. The highest BCUT2D eigenvalue weighted by molar-refractivity contribution is 5.27. The van der Waals surface area contributed by atoms with Gasteiger partial charge >= 0.3 is 0 Å². The molecule has 3 unspecified atom stereocenters. The summed E-state index contributed by atoms with van der Waals surface area (Å²) in [7, 11) is 3.91. The number of nitrogens with two attached hydrogens (primary N) is 1. The van der Waals surface area contributed by atoms with Crippen molar-refractivity contribution in [3.63, 3.8) is 0 Å². The van der Waals surface area contributed by atoms with E-state index < -0.39 is 0 Å². The molecule has 0 radical (unpaired) electrons. The Morgan fingerprint density at radius 3 is 2.57 bits per heavy atom. The zero-order valence-electron chi connectivity index (χ0n) is 13.7. The smallest absolute Gasteiger partial charge is 0.118 e. The van der Waals surface area contributed by atoms with Gasteiger partial charge in [-0.15, -0.1) is 0 Å². The lowest BCUT2D eigenvalue weighted by Crippen LogP contribution is -2.44. The monoisotopic (exact) mass is 290 g/mol. The third-order valence-corrected chi connectivity index (χ3v) is 4.92. The van der Waals surface area contributed by atoms with Gasteiger partial charge in [-0.05, 0) is 49.4 Å². The maximum atomic E-state index is 6.09. The van der Waals surface area contributed by atoms with E-state index in [0.29, 0.717) is 6.04 Å². The van der Waals surface area contributed by atoms with Crippen LogP contribution in [-0.2, 0) is 6.54 Å². The SMILES string of the molecule is COc1ccc(CN(C)C(CN)C2CCCC(C)C2)cc1. The van der Waals surface area contributed by atoms with Gasteiger partial charge in [0.15, 0.2) is 0 Å². The van der Waals surface area contributed by atoms with Crippen LogP contribution in [0.1, 0.15) is 38.2 Å². The Bertz CT molecular complexity index is 418. The van der Waals surface area contributed by atoms with Crippen molar-refractivity contribution in [1.82, 2.24) is 4.90 Å². The molecule has 0 amide bonds. The molecule has 1 aliphatic rings. The lowest BCUT2D eigenvalue weighted by Gasteiger charge is -2.38. The van der Waals surface area contributed by atoms with Gasteiger partial charge in [0, 0.05) is 19.1 Å². The Labute approximate surface area is 129 Å². The van der Waals surface area contributed by atoms with Crippen LogP contribution in [0.4, 0.5) is 0 Å². The highest BCUT2D eigenvalue weighted by atomic mass is 16.5. The molecule has 0 spiro atoms. The molecule has 3 atom stereocenters. The third-order valence-electron chi connectivity index (χ3n) is 4.92. The minimum Gasteiger partial charge on any atom is -0.497 e. The van der Waals surface area contributed by atoms with Gasteiger partial charge in [0.1, 0.15) is 5.75 Å². The first-order chi connectivity index (χ1) is 10.1. The molecule has 1 saturated carbocycles. The van der Waals surface area contributed by atoms with E-state index in [2.05, 4.69) is 31.0 Å². The van der Waals surface area contributed by atoms with Crippen molar-refractivity contribution in [1.29, 1.82) is 0 Å². The van der Waals surface area contributed by atoms with E-state index in [1.165, 1.54) is 31.2 Å². The summed E-state index contributed by atoms with van der Waals surface area (Å²) < 4.78 is 5.22. The molecule has 3 nitrogen and oxygen atoms in total. The van der Waals surface area contributed by atoms with Gasteiger partial charge in [-0.1, -0.05) is 31.9 Å². The predicted molar refractivity (Wildman–Crippen MR) is 88.4 cm³/mol. The molecule has 0 bridgehead atoms. The van der Waals surface area contributed by atoms with Crippen molar-refractivity contribution < 1.29 is 4.74 Å². The first-order valence-corrected chi connectivity index (χ1v) is 8.17. The summed E-state index contributed by atoms with van der Waals surface area (Å²) in [6, 6.07) is 8.85. The zero-order valence-corrected chi connectivity index (χ0v) is 13.7. The number of ether oxygens (including phenoxy) is 1. The van der Waals surface area contributed by atoms with E-state index in [1.54, 1.807) is 7.11 Å². The molecule has 1 fully saturated rings. The van der Waals surface area contributed by atoms with Gasteiger partial charge in [0.2, 0.25) is 0 Å². The van der Waals surface area contributed by atoms with Crippen LogP contribution in [0, 0.1) is 11.8 Å². The van der Waals surface area contributed by atoms with Crippen LogP contribution in [-0.4, -0.2) is 31.6 Å². The van der Waals surface area contributed by atoms with Crippen LogP contribution >= 0.6 is 0 Å². The van der Waals surface area contributed by atoms with Crippen LogP contribution < -0.4 is 10.5 Å². The summed E-state index contributed by atoms with van der Waals surface area (Å²) in [5.41, 5.74) is 7.41. The molecule has 1 aromatic rings. The van der Waals surface area contributed by atoms with E-state index in [1.807, 2.05) is 12.1 Å². The Morgan fingerprint density at radius 2 is 2.00 bits per heavy atom. The molecule has 21 heavy (non-hydrogen) atoms. The second-order valence-electron chi connectivity index (χ2n) is 6.60. The Balaban J connectivity index is 1.96. The van der Waals surface area contributed by atoms with Gasteiger partial charge in [-0.25, -0.2) is 0 Å². The molecule has 2 N–H and O–H groups in total. The highest BCUT2D eigenvalue weighted by Gasteiger charge is 2.28. The molecule has 0 saturated heterocycles. The number of hydrogen-bond acceptors (Lipinski definition) is 3. The zero-order chi connectivity index (χ0) is 15.2. The average Bonchev–Trinajstić information content (AvgIpc) is 2.49. The van der Waals surface area contributed by atoms with Gasteiger partial charge < -0.3 is 10.5 Å². The first-order valence-electron chi connectivity index (χ1n) is 8.17. The molecular weight excluding hydrogens is 260 g/mol. The van der Waals surface area contributed by atoms with E-state index in [-0.39, 0.29) is 0 Å². The molecule has 3 heteroatoms. The summed E-state index contributed by atoms with van der Waals surface area (Å²) in [6.45, 7) is 4.09. The fourth-order valence-electron chi connectivity index (χ4n) is 3.70. The van der Waals surface area contributed by atoms with Crippen LogP contribution in [0.25, 0.3) is 0 Å². The molecule has 1 aliphatic carbocycles. The highest BCUT2D eigenvalue weighted by Crippen LogP contribution is 2.32. The van der Waals surface area contributed by atoms with Gasteiger partial charge in [-0.2, -0.15) is 0 Å². The summed E-state index contributed by atoms with van der Waals surface area (Å²) in [6.07, 6.45) is 5.41. The van der Waals surface area contributed by atoms with E-state index in [9.17, 15) is 0 Å². The van der Waals surface area contributed by atoms with E-state index >= 15 is 0 Å². The molecule has 2 rings (SSSR count). The fraction of sp³-hybridized carbons (Fsp3) is 0.667. The summed E-state index contributed by atoms with van der Waals surface area (Å²) in [4.78, 5) is 2.44. The predicted octanol–water partition coefficient (Wildman–Crippen LogP) is 3.28. The lowest BCUT2D eigenvalue weighted by atomic mass is 9.78. The van der Waals surface area contributed by atoms with Gasteiger partial charge in [-0.3, -0.25) is 4.90 Å². The maximum Gasteiger partial charge on any atom is 0.118 e. The quantitative estimate of drug-likeness (QED) is 0.874. The number of likely N-dealkylation sites (N-methyl/N-ethyl adjacent to an activating group) is 1. The number of nitrogens with zero attached hydrogens (tertiary/aromatic N) is 1. The minimum atomic E-state index is 0.495. The largest absolute Gasteiger partial charge is 0.497 e. The van der Waals surface area contributed by atoms with E-state index in [4.69, 9.17) is 10.5 Å². The third kappa shape index (κ3) is 4.45. The average molecular weight is 290 g/mol. The van der Waals surface area contributed by atoms with Crippen LogP contribution in [0.15, 0.2) is 24.3 Å². The standard InChI is InChI=1S/C18H30N2O/c1-14-5-4-6-16(11-14)18(12-19)20(2)13-15-7-9-17(21-3)10-8-15/h7-10,14,16,18H,4-6,11-13,19H2,1-3H3. The van der Waals surface area contributed by atoms with Crippen LogP contribution in [0.5, 0.6) is 5.75 Å². The lowest BCUT2D eigenvalue weighted by molar-refractivity contribution is 0.125. The van der Waals surface area contributed by atoms with Crippen molar-refractivity contribution >= 4 is 0 Å². The molecular formula is C18H30N2O. The second kappa shape index (κ2) is 7.81. The first kappa shape index (κ1) is 16.3. The van der Waals surface area contributed by atoms with Crippen molar-refractivity contribution in [2.75, 3.05) is 20.7 Å². The van der Waals surface area contributed by atoms with Crippen molar-refractivity contribution in [2.45, 2.75) is 45.2 Å². The normalized spacial score (nSPS) is 24.0. The van der Waals surface area contributed by atoms with Crippen molar-refractivity contribution in [3.05, 3.63) is 29.8 Å². The fourth-order valence-corrected chi connectivity index (χ4v) is 3.70. The summed E-state index contributed by atoms with van der Waals surface area (Å²) >= 11 is 0. The van der Waals surface area contributed by atoms with Gasteiger partial charge in [0.05, 0.1) is 7.11 Å². The molecule has 1 aromatic carbocycles. The number of rotatable bonds is 6. The summed E-state index contributed by atoms with van der Waals surface area (Å²) in [5.74, 6) is 2.52. The number of benzene rings is 1. The van der Waals surface area contributed by atoms with Crippen molar-refractivity contribution in [2.24, 2.45) is 17.6 Å². The van der Waals surface area contributed by atoms with Crippen LogP contribution in [0.2, 0.25) is 0 Å². The Hall–Kier alpha value is -1.06. The maximum absolute atomic E-state index is 6.09. The Morgan fingerprint density at radius 1 is 1.29 bits per heavy atom. The summed E-state index contributed by atoms with van der Waals surface area (Å²) in [5, 5.41) is 0. The van der Waals surface area contributed by atoms with E-state index in [0.717, 1.165) is 30.7 Å². The van der Waals surface area contributed by atoms with Crippen LogP contribution in [0.3, 0.4) is 0 Å². The van der Waals surface area contributed by atoms with Gasteiger partial charge in [0.25, 0.3) is 0 Å². The Kier molecular flexibility index (Phi) is 6.07. The topological polar surface area (TPSA) is 38.5 Å². The molecule has 0 aromatic heterocycles. The van der Waals surface area contributed by atoms with Crippen molar-refractivity contribution in [3.8, 4) is 5.75 Å². The molecule has 118 valence electrons. The molecule has 0 aliphatic heterocycles. The minimum absolute atomic E-state index is 0.495.